The van der Waals surface area contributed by atoms with E-state index in [2.05, 4.69) is 23.8 Å². The quantitative estimate of drug-likeness (QED) is 0.193. The van der Waals surface area contributed by atoms with Gasteiger partial charge in [-0.1, -0.05) is 25.0 Å². The lowest BCUT2D eigenvalue weighted by Gasteiger charge is -2.30. The van der Waals surface area contributed by atoms with Crippen molar-refractivity contribution in [3.63, 3.8) is 0 Å². The smallest absolute Gasteiger partial charge is 0.408 e. The van der Waals surface area contributed by atoms with Crippen LogP contribution in [0.2, 0.25) is 0 Å². The average Bonchev–Trinajstić information content (AvgIpc) is 3.39. The number of likely N-dealkylation sites (tertiary alicyclic amines) is 1. The topological polar surface area (TPSA) is 134 Å². The van der Waals surface area contributed by atoms with Crippen LogP contribution in [0, 0.1) is 5.92 Å². The van der Waals surface area contributed by atoms with E-state index in [9.17, 15) is 24.3 Å². The molecule has 0 aromatic heterocycles. The lowest BCUT2D eigenvalue weighted by atomic mass is 10.0. The minimum absolute atomic E-state index is 0.0216. The lowest BCUT2D eigenvalue weighted by molar-refractivity contribution is -0.150. The first-order valence-corrected chi connectivity index (χ1v) is 13.1. The fourth-order valence-corrected chi connectivity index (χ4v) is 4.59. The van der Waals surface area contributed by atoms with Gasteiger partial charge in [-0.05, 0) is 53.4 Å². The molecule has 10 heteroatoms. The van der Waals surface area contributed by atoms with Crippen LogP contribution in [0.5, 0.6) is 0 Å². The Morgan fingerprint density at radius 1 is 1.19 bits per heavy atom. The molecule has 2 rings (SSSR count). The highest BCUT2D eigenvalue weighted by Gasteiger charge is 2.62. The summed E-state index contributed by atoms with van der Waals surface area (Å²) in [5.74, 6) is -1.85. The normalized spacial score (nSPS) is 25.5. The zero-order valence-electron chi connectivity index (χ0n) is 22.6. The van der Waals surface area contributed by atoms with E-state index in [4.69, 9.17) is 9.47 Å². The maximum Gasteiger partial charge on any atom is 0.408 e. The summed E-state index contributed by atoms with van der Waals surface area (Å²) in [4.78, 5) is 53.3. The summed E-state index contributed by atoms with van der Waals surface area (Å²) in [5.41, 5.74) is -1.96. The van der Waals surface area contributed by atoms with Gasteiger partial charge in [0.2, 0.25) is 11.8 Å². The summed E-state index contributed by atoms with van der Waals surface area (Å²) in [6, 6.07) is -1.93. The molecule has 0 spiro atoms. The molecule has 208 valence electrons. The second-order valence-electron chi connectivity index (χ2n) is 10.7. The molecular formula is C27H43N3O7. The van der Waals surface area contributed by atoms with Gasteiger partial charge in [0, 0.05) is 18.9 Å². The number of aliphatic hydroxyl groups excluding tert-OH is 1. The number of rotatable bonds is 13. The van der Waals surface area contributed by atoms with E-state index < -0.39 is 53.2 Å². The van der Waals surface area contributed by atoms with E-state index in [0.717, 1.165) is 19.3 Å². The van der Waals surface area contributed by atoms with Gasteiger partial charge in [0.05, 0.1) is 12.7 Å². The molecule has 0 bridgehead atoms. The number of nitrogens with one attached hydrogen (secondary N) is 2. The molecule has 0 aromatic rings. The van der Waals surface area contributed by atoms with Crippen molar-refractivity contribution in [2.75, 3.05) is 13.2 Å². The minimum atomic E-state index is -1.21. The summed E-state index contributed by atoms with van der Waals surface area (Å²) in [6.07, 6.45) is 5.77. The highest BCUT2D eigenvalue weighted by atomic mass is 16.6. The number of ether oxygens (including phenoxy) is 2. The lowest BCUT2D eigenvalue weighted by Crippen LogP contribution is -2.56. The van der Waals surface area contributed by atoms with Crippen LogP contribution in [-0.2, 0) is 23.9 Å². The molecule has 1 saturated carbocycles. The molecule has 1 aliphatic heterocycles. The Morgan fingerprint density at radius 2 is 1.89 bits per heavy atom. The molecule has 5 atom stereocenters. The van der Waals surface area contributed by atoms with E-state index in [1.807, 2.05) is 6.08 Å². The van der Waals surface area contributed by atoms with Crippen LogP contribution in [0.1, 0.15) is 72.6 Å². The monoisotopic (exact) mass is 521 g/mol. The number of esters is 1. The second kappa shape index (κ2) is 13.1. The van der Waals surface area contributed by atoms with Crippen molar-refractivity contribution in [2.45, 2.75) is 102 Å². The van der Waals surface area contributed by atoms with Crippen molar-refractivity contribution in [2.24, 2.45) is 5.92 Å². The third-order valence-electron chi connectivity index (χ3n) is 6.54. The first-order valence-electron chi connectivity index (χ1n) is 13.1. The first-order chi connectivity index (χ1) is 17.4. The second-order valence-corrected chi connectivity index (χ2v) is 10.7. The standard InChI is InChI=1S/C27H43N3O7/c1-7-10-11-12-13-14-20(28-25(35)37-26(4,5)6)23(33)30-17-19(31)15-21(30)22(32)29-27(16-18(27)8-2)24(34)36-9-3/h7-8,18-21,31H,1-2,9-17H2,3-6H3,(H,28,35)(H,29,32)/t18-,19+,20+,21+,27-/m1/s1. The van der Waals surface area contributed by atoms with Crippen LogP contribution in [0.4, 0.5) is 4.79 Å². The van der Waals surface area contributed by atoms with Gasteiger partial charge in [0.15, 0.2) is 0 Å². The number of unbranched alkanes of at least 4 members (excludes halogenated alkanes) is 3. The zero-order valence-corrected chi connectivity index (χ0v) is 22.6. The number of nitrogens with zero attached hydrogens (tertiary/aromatic N) is 1. The summed E-state index contributed by atoms with van der Waals surface area (Å²) >= 11 is 0. The molecule has 0 aromatic carbocycles. The van der Waals surface area contributed by atoms with Gasteiger partial charge < -0.3 is 30.1 Å². The van der Waals surface area contributed by atoms with Crippen molar-refractivity contribution in [1.29, 1.82) is 0 Å². The molecule has 3 N–H and O–H groups in total. The third-order valence-corrected chi connectivity index (χ3v) is 6.54. The van der Waals surface area contributed by atoms with Crippen LogP contribution in [0.15, 0.2) is 25.3 Å². The predicted octanol–water partition coefficient (Wildman–Crippen LogP) is 2.60. The highest BCUT2D eigenvalue weighted by molar-refractivity contribution is 5.96. The molecule has 1 heterocycles. The molecule has 2 fully saturated rings. The summed E-state index contributed by atoms with van der Waals surface area (Å²) in [6.45, 7) is 14.4. The maximum absolute atomic E-state index is 13.6. The van der Waals surface area contributed by atoms with Crippen LogP contribution in [0.3, 0.4) is 0 Å². The van der Waals surface area contributed by atoms with Crippen molar-refractivity contribution in [1.82, 2.24) is 15.5 Å². The number of hydrogen-bond acceptors (Lipinski definition) is 7. The molecule has 2 aliphatic rings. The Balaban J connectivity index is 2.17. The van der Waals surface area contributed by atoms with Gasteiger partial charge in [-0.15, -0.1) is 13.2 Å². The van der Waals surface area contributed by atoms with Gasteiger partial charge in [-0.2, -0.15) is 0 Å². The molecule has 0 unspecified atom stereocenters. The fourth-order valence-electron chi connectivity index (χ4n) is 4.59. The predicted molar refractivity (Wildman–Crippen MR) is 138 cm³/mol. The van der Waals surface area contributed by atoms with Crippen molar-refractivity contribution in [3.05, 3.63) is 25.3 Å². The van der Waals surface area contributed by atoms with Gasteiger partial charge in [0.25, 0.3) is 0 Å². The summed E-state index contributed by atoms with van der Waals surface area (Å²) in [5, 5.41) is 15.8. The Labute approximate surface area is 219 Å². The van der Waals surface area contributed by atoms with Crippen molar-refractivity contribution in [3.8, 4) is 0 Å². The number of aliphatic hydroxyl groups is 1. The number of allylic oxidation sites excluding steroid dienone is 1. The van der Waals surface area contributed by atoms with E-state index in [-0.39, 0.29) is 25.5 Å². The molecule has 0 radical (unpaired) electrons. The largest absolute Gasteiger partial charge is 0.464 e. The number of carbonyl (C=O) groups excluding carboxylic acids is 4. The Kier molecular flexibility index (Phi) is 10.7. The average molecular weight is 522 g/mol. The van der Waals surface area contributed by atoms with Crippen LogP contribution in [0.25, 0.3) is 0 Å². The SMILES string of the molecule is C=CCCCCC[C@H](NC(=O)OC(C)(C)C)C(=O)N1C[C@@H](O)C[C@H]1C(=O)N[C@]1(C(=O)OCC)C[C@H]1C=C. The first kappa shape index (κ1) is 30.3. The molecule has 10 nitrogen and oxygen atoms in total. The van der Waals surface area contributed by atoms with Gasteiger partial charge in [-0.3, -0.25) is 9.59 Å². The zero-order chi connectivity index (χ0) is 27.8. The van der Waals surface area contributed by atoms with Gasteiger partial charge in [0.1, 0.15) is 23.2 Å². The molecule has 37 heavy (non-hydrogen) atoms. The van der Waals surface area contributed by atoms with E-state index in [1.165, 1.54) is 4.90 Å². The maximum atomic E-state index is 13.6. The van der Waals surface area contributed by atoms with E-state index in [0.29, 0.717) is 19.3 Å². The summed E-state index contributed by atoms with van der Waals surface area (Å²) < 4.78 is 10.5. The Morgan fingerprint density at radius 3 is 2.46 bits per heavy atom. The van der Waals surface area contributed by atoms with Crippen LogP contribution in [-0.4, -0.2) is 76.4 Å². The van der Waals surface area contributed by atoms with Crippen molar-refractivity contribution >= 4 is 23.9 Å². The number of alkyl carbamates (subject to hydrolysis) is 1. The number of amides is 3. The van der Waals surface area contributed by atoms with E-state index in [1.54, 1.807) is 33.8 Å². The molecule has 1 saturated heterocycles. The number of carbonyl (C=O) groups is 4. The number of hydrogen-bond donors (Lipinski definition) is 3. The van der Waals surface area contributed by atoms with Gasteiger partial charge >= 0.3 is 12.1 Å². The highest BCUT2D eigenvalue weighted by Crippen LogP contribution is 2.45. The van der Waals surface area contributed by atoms with E-state index >= 15 is 0 Å². The third kappa shape index (κ3) is 8.31. The van der Waals surface area contributed by atoms with Crippen molar-refractivity contribution < 1.29 is 33.8 Å². The molecule has 3 amide bonds. The molecule has 1 aliphatic carbocycles. The summed E-state index contributed by atoms with van der Waals surface area (Å²) in [7, 11) is 0. The Bertz CT molecular complexity index is 869. The van der Waals surface area contributed by atoms with Crippen LogP contribution >= 0.6 is 0 Å². The van der Waals surface area contributed by atoms with Gasteiger partial charge in [-0.25, -0.2) is 9.59 Å². The molecular weight excluding hydrogens is 478 g/mol. The minimum Gasteiger partial charge on any atom is -0.464 e. The number of β-amino-alcohol motifs (C(OH)–C–C–N with tert-alkyl or cyclic N) is 1. The van der Waals surface area contributed by atoms with Crippen LogP contribution < -0.4 is 10.6 Å². The fraction of sp³-hybridized carbons (Fsp3) is 0.704. The Hall–Kier alpha value is -2.88.